The fraction of sp³-hybridized carbons (Fsp3) is 0.364. The molecule has 2 aromatic rings. The molecule has 1 aliphatic rings. The first kappa shape index (κ1) is 24.9. The summed E-state index contributed by atoms with van der Waals surface area (Å²) in [6.45, 7) is 3.89. The number of ether oxygens (including phenoxy) is 2. The summed E-state index contributed by atoms with van der Waals surface area (Å²) in [6.07, 6.45) is -1.06. The number of alkyl halides is 4. The van der Waals surface area contributed by atoms with Gasteiger partial charge in [0.25, 0.3) is 0 Å². The molecule has 31 heavy (non-hydrogen) atoms. The zero-order chi connectivity index (χ0) is 23.0. The van der Waals surface area contributed by atoms with Gasteiger partial charge in [0, 0.05) is 10.0 Å². The summed E-state index contributed by atoms with van der Waals surface area (Å²) in [5, 5.41) is 9.64. The molecule has 0 saturated heterocycles. The summed E-state index contributed by atoms with van der Waals surface area (Å²) in [6, 6.07) is 16.4. The van der Waals surface area contributed by atoms with Crippen LogP contribution in [0.25, 0.3) is 0 Å². The van der Waals surface area contributed by atoms with Crippen LogP contribution in [0.3, 0.4) is 0 Å². The molecule has 4 atom stereocenters. The Morgan fingerprint density at radius 3 is 2.42 bits per heavy atom. The molecule has 0 radical (unpaired) electrons. The van der Waals surface area contributed by atoms with E-state index in [1.165, 1.54) is 0 Å². The topological polar surface area (TPSA) is 59.3 Å². The van der Waals surface area contributed by atoms with E-state index in [1.54, 1.807) is 24.3 Å². The second kappa shape index (κ2) is 9.61. The molecule has 0 aromatic heterocycles. The molecule has 1 fully saturated rings. The Balaban J connectivity index is 1.72. The minimum atomic E-state index is -1.22. The third-order valence-electron chi connectivity index (χ3n) is 5.35. The van der Waals surface area contributed by atoms with E-state index in [4.69, 9.17) is 32.7 Å². The van der Waals surface area contributed by atoms with Crippen molar-refractivity contribution in [2.24, 2.45) is 17.3 Å². The van der Waals surface area contributed by atoms with Gasteiger partial charge in [0.1, 0.15) is 17.6 Å². The minimum Gasteiger partial charge on any atom is -0.457 e. The van der Waals surface area contributed by atoms with Gasteiger partial charge in [0.05, 0.1) is 10.7 Å². The average molecular weight is 655 g/mol. The smallest absolute Gasteiger partial charge is 0.311 e. The molecule has 2 aromatic carbocycles. The molecule has 0 bridgehead atoms. The van der Waals surface area contributed by atoms with Crippen molar-refractivity contribution in [3.05, 3.63) is 58.6 Å². The summed E-state index contributed by atoms with van der Waals surface area (Å²) in [5.74, 6) is 0.132. The number of nitriles is 1. The normalized spacial score (nSPS) is 21.5. The maximum atomic E-state index is 12.9. The Kier molecular flexibility index (Phi) is 7.70. The van der Waals surface area contributed by atoms with E-state index in [1.807, 2.05) is 38.1 Å². The average Bonchev–Trinajstić information content (AvgIpc) is 3.28. The van der Waals surface area contributed by atoms with Gasteiger partial charge < -0.3 is 9.47 Å². The van der Waals surface area contributed by atoms with Crippen molar-refractivity contribution in [3.63, 3.8) is 0 Å². The van der Waals surface area contributed by atoms with Crippen molar-refractivity contribution in [2.45, 2.75) is 28.0 Å². The number of hydrogen-bond acceptors (Lipinski definition) is 4. The molecule has 9 heteroatoms. The number of benzene rings is 2. The predicted octanol–water partition coefficient (Wildman–Crippen LogP) is 7.91. The van der Waals surface area contributed by atoms with Crippen LogP contribution in [0.15, 0.2) is 53.0 Å². The van der Waals surface area contributed by atoms with E-state index in [0.717, 1.165) is 4.47 Å². The molecule has 0 N–H and O–H groups in total. The number of carbonyl (C=O) groups is 1. The molecule has 0 spiro atoms. The second-order valence-corrected chi connectivity index (χ2v) is 13.3. The van der Waals surface area contributed by atoms with Gasteiger partial charge in [-0.2, -0.15) is 5.26 Å². The first-order valence-electron chi connectivity index (χ1n) is 9.29. The number of halogens is 5. The molecule has 4 nitrogen and oxygen atoms in total. The highest BCUT2D eigenvalue weighted by atomic mass is 79.9. The van der Waals surface area contributed by atoms with E-state index >= 15 is 0 Å². The van der Waals surface area contributed by atoms with E-state index in [0.29, 0.717) is 17.1 Å². The van der Waals surface area contributed by atoms with Gasteiger partial charge in [-0.05, 0) is 63.7 Å². The highest BCUT2D eigenvalue weighted by Gasteiger charge is 2.67. The van der Waals surface area contributed by atoms with E-state index in [9.17, 15) is 10.1 Å². The molecule has 3 rings (SSSR count). The summed E-state index contributed by atoms with van der Waals surface area (Å²) in [5.41, 5.74) is 0.154. The lowest BCUT2D eigenvalue weighted by atomic mass is 10.1. The predicted molar refractivity (Wildman–Crippen MR) is 132 cm³/mol. The van der Waals surface area contributed by atoms with Crippen LogP contribution in [0.1, 0.15) is 25.5 Å². The molecule has 164 valence electrons. The van der Waals surface area contributed by atoms with Crippen LogP contribution in [-0.2, 0) is 9.53 Å². The van der Waals surface area contributed by atoms with Crippen LogP contribution in [0.2, 0.25) is 0 Å². The zero-order valence-electron chi connectivity index (χ0n) is 16.5. The lowest BCUT2D eigenvalue weighted by molar-refractivity contribution is -0.149. The second-order valence-electron chi connectivity index (χ2n) is 7.84. The number of nitrogens with zero attached hydrogens (tertiary/aromatic N) is 1. The Morgan fingerprint density at radius 2 is 1.84 bits per heavy atom. The van der Waals surface area contributed by atoms with Gasteiger partial charge in [-0.3, -0.25) is 4.79 Å². The van der Waals surface area contributed by atoms with Gasteiger partial charge in [0.2, 0.25) is 6.10 Å². The van der Waals surface area contributed by atoms with Crippen LogP contribution >= 0.6 is 71.0 Å². The first-order valence-corrected chi connectivity index (χ1v) is 12.5. The van der Waals surface area contributed by atoms with Crippen molar-refractivity contribution >= 4 is 77.0 Å². The standard InChI is InChI=1S/C22H18Br3Cl2NO3/c1-21(2)17(19(24)22(25,26)27)18(21)20(29)31-16(11-28)12-4-3-5-15(10-12)30-14-8-6-13(23)7-9-14/h3-10,16-19H,1-2H3/t16?,17-,18+,19?/m1/s1. The number of hydrogen-bond donors (Lipinski definition) is 0. The number of carbonyl (C=O) groups excluding carboxylic acids is 1. The summed E-state index contributed by atoms with van der Waals surface area (Å²) in [7, 11) is 0. The van der Waals surface area contributed by atoms with E-state index < -0.39 is 21.2 Å². The fourth-order valence-corrected chi connectivity index (χ4v) is 5.42. The van der Waals surface area contributed by atoms with Gasteiger partial charge >= 0.3 is 5.97 Å². The maximum absolute atomic E-state index is 12.9. The van der Waals surface area contributed by atoms with Crippen LogP contribution in [0, 0.1) is 28.6 Å². The molecule has 0 aliphatic heterocycles. The molecule has 2 unspecified atom stereocenters. The third-order valence-corrected chi connectivity index (χ3v) is 9.24. The van der Waals surface area contributed by atoms with Crippen LogP contribution in [0.5, 0.6) is 11.5 Å². The van der Waals surface area contributed by atoms with Crippen LogP contribution < -0.4 is 4.74 Å². The highest BCUT2D eigenvalue weighted by molar-refractivity contribution is 9.13. The number of rotatable bonds is 7. The van der Waals surface area contributed by atoms with Crippen molar-refractivity contribution in [2.75, 3.05) is 0 Å². The largest absolute Gasteiger partial charge is 0.457 e. The Labute approximate surface area is 216 Å². The van der Waals surface area contributed by atoms with Gasteiger partial charge in [0.15, 0.2) is 3.24 Å². The molecule has 1 aliphatic carbocycles. The molecule has 0 heterocycles. The van der Waals surface area contributed by atoms with E-state index in [-0.39, 0.29) is 16.2 Å². The summed E-state index contributed by atoms with van der Waals surface area (Å²) in [4.78, 5) is 12.5. The quantitative estimate of drug-likeness (QED) is 0.225. The summed E-state index contributed by atoms with van der Waals surface area (Å²) < 4.78 is 11.1. The van der Waals surface area contributed by atoms with Crippen molar-refractivity contribution in [1.82, 2.24) is 0 Å². The van der Waals surface area contributed by atoms with Gasteiger partial charge in [-0.1, -0.05) is 81.0 Å². The highest BCUT2D eigenvalue weighted by Crippen LogP contribution is 2.65. The lowest BCUT2D eigenvalue weighted by Crippen LogP contribution is -2.24. The van der Waals surface area contributed by atoms with E-state index in [2.05, 4.69) is 53.9 Å². The Hall–Kier alpha value is -0.780. The lowest BCUT2D eigenvalue weighted by Gasteiger charge is -2.20. The monoisotopic (exact) mass is 651 g/mol. The molecular weight excluding hydrogens is 637 g/mol. The maximum Gasteiger partial charge on any atom is 0.311 e. The third kappa shape index (κ3) is 5.78. The summed E-state index contributed by atoms with van der Waals surface area (Å²) >= 11 is 22.4. The van der Waals surface area contributed by atoms with Crippen LogP contribution in [-0.4, -0.2) is 14.0 Å². The fourth-order valence-electron chi connectivity index (χ4n) is 3.62. The Morgan fingerprint density at radius 1 is 1.19 bits per heavy atom. The van der Waals surface area contributed by atoms with Crippen LogP contribution in [0.4, 0.5) is 0 Å². The first-order chi connectivity index (χ1) is 14.4. The molecular formula is C22H18Br3Cl2NO3. The van der Waals surface area contributed by atoms with Crippen molar-refractivity contribution in [1.29, 1.82) is 5.26 Å². The SMILES string of the molecule is CC1(C)[C@H](C(=O)OC(C#N)c2cccc(Oc3ccc(Br)cc3)c2)[C@@H]1C(Br)C(Cl)(Cl)Br. The van der Waals surface area contributed by atoms with Gasteiger partial charge in [-0.25, -0.2) is 0 Å². The number of esters is 1. The minimum absolute atomic E-state index is 0.152. The molecule has 0 amide bonds. The van der Waals surface area contributed by atoms with Crippen molar-refractivity contribution < 1.29 is 14.3 Å². The zero-order valence-corrected chi connectivity index (χ0v) is 22.8. The Bertz CT molecular complexity index is 1000. The van der Waals surface area contributed by atoms with Crippen molar-refractivity contribution in [3.8, 4) is 17.6 Å². The van der Waals surface area contributed by atoms with Gasteiger partial charge in [-0.15, -0.1) is 0 Å². The molecule has 1 saturated carbocycles.